The molecule has 0 amide bonds. The first-order valence-electron chi connectivity index (χ1n) is 39.1. The molecule has 20 rings (SSSR count). The zero-order valence-electron chi connectivity index (χ0n) is 64.2. The molecule has 0 unspecified atom stereocenters. The van der Waals surface area contributed by atoms with Crippen molar-refractivity contribution in [1.29, 1.82) is 0 Å². The summed E-state index contributed by atoms with van der Waals surface area (Å²) in [6.45, 7) is 10.8. The number of rotatable bonds is 14. The molecule has 0 fully saturated rings. The molecule has 0 aliphatic heterocycles. The molecule has 0 radical (unpaired) electrons. The maximum absolute atomic E-state index is 5.24. The monoisotopic (exact) mass is 1480 g/mol. The van der Waals surface area contributed by atoms with Crippen LogP contribution in [0.3, 0.4) is 0 Å². The molecule has 8 heterocycles. The van der Waals surface area contributed by atoms with Gasteiger partial charge in [-0.2, -0.15) is 0 Å². The maximum Gasteiger partial charge on any atom is 0.160 e. The predicted octanol–water partition coefficient (Wildman–Crippen LogP) is 26.5. The van der Waals surface area contributed by atoms with Gasteiger partial charge < -0.3 is 0 Å². The van der Waals surface area contributed by atoms with E-state index < -0.39 is 0 Å². The first kappa shape index (κ1) is 70.6. The molecule has 10 nitrogen and oxygen atoms in total. The Bertz CT molecular complexity index is 7080. The molecule has 10 heteroatoms. The van der Waals surface area contributed by atoms with E-state index in [-0.39, 0.29) is 0 Å². The molecule has 0 spiro atoms. The number of aromatic nitrogens is 10. The third-order valence-electron chi connectivity index (χ3n) is 21.9. The molecule has 546 valence electrons. The molecular formula is C105H76N10. The summed E-state index contributed by atoms with van der Waals surface area (Å²) in [6, 6.07) is 115. The van der Waals surface area contributed by atoms with Crippen molar-refractivity contribution in [3.05, 3.63) is 375 Å². The van der Waals surface area contributed by atoms with Crippen molar-refractivity contribution >= 4 is 65.2 Å². The molecule has 0 atom stereocenters. The van der Waals surface area contributed by atoms with E-state index in [1.165, 1.54) is 16.5 Å². The number of aryl methyl sites for hydroxylation is 3. The SMILES string of the molecule is CCc1cc(-c2ccc(-c3ccc(-c4cc(-c5cccc(-c6cccc7ccncc67)c5)nc(-c5ccccc5)n4)cc3)cc2)nc2c1ccc1ccc(C(C)C)nc12.Cc1ccc2ccc3c(C)cc(-c4ccc(-c5ccc(-c6nc(-c7ccccc7)cc(-c7cccc(-c8cccc9ccncc89)c7)n6)cc5)cc4)nc3c2n1. The van der Waals surface area contributed by atoms with Gasteiger partial charge in [-0.1, -0.05) is 288 Å². The van der Waals surface area contributed by atoms with Gasteiger partial charge in [0, 0.05) is 113 Å². The van der Waals surface area contributed by atoms with Gasteiger partial charge in [0.15, 0.2) is 11.6 Å². The van der Waals surface area contributed by atoms with E-state index in [1.54, 1.807) is 0 Å². The van der Waals surface area contributed by atoms with Gasteiger partial charge in [-0.15, -0.1) is 0 Å². The Kier molecular flexibility index (Phi) is 18.7. The van der Waals surface area contributed by atoms with Crippen molar-refractivity contribution in [2.24, 2.45) is 0 Å². The van der Waals surface area contributed by atoms with Crippen LogP contribution in [0.2, 0.25) is 0 Å². The number of benzene rings is 12. The van der Waals surface area contributed by atoms with E-state index in [0.717, 1.165) is 201 Å². The minimum Gasteiger partial charge on any atom is -0.264 e. The zero-order valence-corrected chi connectivity index (χ0v) is 64.2. The fourth-order valence-electron chi connectivity index (χ4n) is 15.7. The normalized spacial score (nSPS) is 11.5. The van der Waals surface area contributed by atoms with E-state index in [4.69, 9.17) is 39.9 Å². The van der Waals surface area contributed by atoms with Crippen molar-refractivity contribution in [3.8, 4) is 135 Å². The summed E-state index contributed by atoms with van der Waals surface area (Å²) in [5.74, 6) is 1.71. The lowest BCUT2D eigenvalue weighted by Crippen LogP contribution is -1.97. The molecule has 0 bridgehead atoms. The van der Waals surface area contributed by atoms with E-state index in [0.29, 0.717) is 17.6 Å². The fourth-order valence-corrected chi connectivity index (χ4v) is 15.7. The lowest BCUT2D eigenvalue weighted by molar-refractivity contribution is 0.830. The van der Waals surface area contributed by atoms with Crippen LogP contribution in [-0.2, 0) is 6.42 Å². The molecule has 0 saturated heterocycles. The second-order valence-corrected chi connectivity index (χ2v) is 29.7. The van der Waals surface area contributed by atoms with Gasteiger partial charge in [-0.3, -0.25) is 19.9 Å². The van der Waals surface area contributed by atoms with Gasteiger partial charge in [-0.05, 0) is 153 Å². The van der Waals surface area contributed by atoms with Crippen LogP contribution in [0.15, 0.2) is 352 Å². The standard InChI is InChI=1S/C54H41N5.C51H35N5/c1-4-35-31-49(57-53-46(35)26-24-41-25-27-48(34(2)3)56-52(41)53)39-20-16-36(17-21-39)37-18-22-40(23-19-37)50-32-51(59-54(58-50)42-10-6-5-7-11-42)44-14-8-13-43(30-44)45-15-9-12-38-28-29-55-33-47(38)45;1-32-28-46(54-50-43(32)25-24-39-15-14-33(2)53-49(39)50)38-20-16-34(17-21-38)35-18-22-40(23-19-35)51-55-47(37-8-4-3-5-9-37)30-48(56-51)42-12-6-11-41(29-42)44-13-7-10-36-26-27-52-31-45(36)44/h5-34H,4H2,1-3H3;3-31H,1-2H3. The second kappa shape index (κ2) is 30.5. The quantitative estimate of drug-likeness (QED) is 0.0971. The summed E-state index contributed by atoms with van der Waals surface area (Å²) in [5, 5.41) is 9.10. The Morgan fingerprint density at radius 2 is 0.635 bits per heavy atom. The van der Waals surface area contributed by atoms with Crippen molar-refractivity contribution < 1.29 is 0 Å². The second-order valence-electron chi connectivity index (χ2n) is 29.7. The van der Waals surface area contributed by atoms with Gasteiger partial charge in [-0.25, -0.2) is 29.9 Å². The Hall–Kier alpha value is -14.7. The first-order chi connectivity index (χ1) is 56.5. The first-order valence-corrected chi connectivity index (χ1v) is 39.1. The maximum atomic E-state index is 5.24. The highest BCUT2D eigenvalue weighted by atomic mass is 14.9. The molecule has 0 N–H and O–H groups in total. The number of hydrogen-bond acceptors (Lipinski definition) is 10. The zero-order chi connectivity index (χ0) is 77.5. The van der Waals surface area contributed by atoms with Crippen molar-refractivity contribution in [2.45, 2.75) is 47.0 Å². The molecule has 0 aliphatic carbocycles. The average Bonchev–Trinajstić information content (AvgIpc) is 0.612. The van der Waals surface area contributed by atoms with Gasteiger partial charge in [0.2, 0.25) is 0 Å². The Morgan fingerprint density at radius 3 is 1.14 bits per heavy atom. The van der Waals surface area contributed by atoms with Crippen molar-refractivity contribution in [3.63, 3.8) is 0 Å². The third kappa shape index (κ3) is 14.2. The van der Waals surface area contributed by atoms with Crippen LogP contribution in [0.1, 0.15) is 49.2 Å². The lowest BCUT2D eigenvalue weighted by Gasteiger charge is -2.13. The van der Waals surface area contributed by atoms with Crippen LogP contribution in [0, 0.1) is 13.8 Å². The van der Waals surface area contributed by atoms with Crippen LogP contribution in [-0.4, -0.2) is 49.8 Å². The fraction of sp³-hybridized carbons (Fsp3) is 0.0667. The van der Waals surface area contributed by atoms with Crippen LogP contribution < -0.4 is 0 Å². The highest BCUT2D eigenvalue weighted by Gasteiger charge is 2.19. The number of nitrogens with zero attached hydrogens (tertiary/aromatic N) is 10. The van der Waals surface area contributed by atoms with E-state index in [9.17, 15) is 0 Å². The summed E-state index contributed by atoms with van der Waals surface area (Å²) < 4.78 is 0. The third-order valence-corrected chi connectivity index (χ3v) is 21.9. The topological polar surface area (TPSA) is 129 Å². The Morgan fingerprint density at radius 1 is 0.252 bits per heavy atom. The van der Waals surface area contributed by atoms with Crippen LogP contribution in [0.5, 0.6) is 0 Å². The summed E-state index contributed by atoms with van der Waals surface area (Å²) in [7, 11) is 0. The number of pyridine rings is 6. The Balaban J connectivity index is 0.000000154. The van der Waals surface area contributed by atoms with Crippen LogP contribution in [0.4, 0.5) is 0 Å². The molecule has 0 aliphatic rings. The van der Waals surface area contributed by atoms with Crippen LogP contribution in [0.25, 0.3) is 200 Å². The number of fused-ring (bicyclic) bond motifs is 8. The molecule has 8 aromatic heterocycles. The summed E-state index contributed by atoms with van der Waals surface area (Å²) >= 11 is 0. The summed E-state index contributed by atoms with van der Waals surface area (Å²) in [4.78, 5) is 49.6. The van der Waals surface area contributed by atoms with Gasteiger partial charge in [0.05, 0.1) is 56.2 Å². The van der Waals surface area contributed by atoms with Crippen molar-refractivity contribution in [1.82, 2.24) is 49.8 Å². The molecular weight excluding hydrogens is 1400 g/mol. The summed E-state index contributed by atoms with van der Waals surface area (Å²) in [5.41, 5.74) is 31.0. The van der Waals surface area contributed by atoms with Gasteiger partial charge >= 0.3 is 0 Å². The van der Waals surface area contributed by atoms with Gasteiger partial charge in [0.1, 0.15) is 0 Å². The predicted molar refractivity (Wildman–Crippen MR) is 474 cm³/mol. The number of hydrogen-bond donors (Lipinski definition) is 0. The summed E-state index contributed by atoms with van der Waals surface area (Å²) in [6.07, 6.45) is 8.48. The molecule has 20 aromatic rings. The van der Waals surface area contributed by atoms with E-state index in [1.807, 2.05) is 74.2 Å². The molecule has 115 heavy (non-hydrogen) atoms. The average molecular weight is 1480 g/mol. The molecule has 0 saturated carbocycles. The molecule has 12 aromatic carbocycles. The van der Waals surface area contributed by atoms with Gasteiger partial charge in [0.25, 0.3) is 0 Å². The smallest absolute Gasteiger partial charge is 0.160 e. The largest absolute Gasteiger partial charge is 0.264 e. The van der Waals surface area contributed by atoms with Crippen molar-refractivity contribution in [2.75, 3.05) is 0 Å². The minimum absolute atomic E-state index is 0.346. The highest BCUT2D eigenvalue weighted by Crippen LogP contribution is 2.40. The Labute approximate surface area is 667 Å². The van der Waals surface area contributed by atoms with Crippen LogP contribution >= 0.6 is 0 Å². The lowest BCUT2D eigenvalue weighted by atomic mass is 9.96. The minimum atomic E-state index is 0.346. The van der Waals surface area contributed by atoms with E-state index >= 15 is 0 Å². The highest BCUT2D eigenvalue weighted by molar-refractivity contribution is 6.07. The van der Waals surface area contributed by atoms with E-state index in [2.05, 4.69) is 323 Å².